The van der Waals surface area contributed by atoms with E-state index in [1.54, 1.807) is 12.5 Å². The maximum atomic E-state index is 13.1. The number of fused-ring (bicyclic) bond motifs is 5. The predicted molar refractivity (Wildman–Crippen MR) is 143 cm³/mol. The van der Waals surface area contributed by atoms with Gasteiger partial charge in [-0.05, 0) is 105 Å². The number of rotatable bonds is 4. The minimum Gasteiger partial charge on any atom is -0.393 e. The van der Waals surface area contributed by atoms with Crippen molar-refractivity contribution in [2.24, 2.45) is 40.4 Å². The maximum absolute atomic E-state index is 13.1. The molecule has 0 bridgehead atoms. The maximum Gasteiger partial charge on any atom is 0.222 e. The van der Waals surface area contributed by atoms with Crippen molar-refractivity contribution in [2.75, 3.05) is 19.6 Å². The van der Waals surface area contributed by atoms with Crippen LogP contribution in [0.2, 0.25) is 0 Å². The zero-order chi connectivity index (χ0) is 25.8. The van der Waals surface area contributed by atoms with Gasteiger partial charge in [-0.2, -0.15) is 0 Å². The molecule has 0 radical (unpaired) electrons. The lowest BCUT2D eigenvalue weighted by Gasteiger charge is -2.58. The molecule has 1 saturated heterocycles. The van der Waals surface area contributed by atoms with Crippen molar-refractivity contribution in [2.45, 2.75) is 111 Å². The molecule has 9 atom stereocenters. The van der Waals surface area contributed by atoms with E-state index in [9.17, 15) is 14.7 Å². The predicted octanol–water partition coefficient (Wildman–Crippen LogP) is 5.42. The number of allylic oxidation sites excluding steroid dienone is 1. The summed E-state index contributed by atoms with van der Waals surface area (Å²) in [4.78, 5) is 28.8. The summed E-state index contributed by atoms with van der Waals surface area (Å²) >= 11 is 0. The molecule has 2 amide bonds. The minimum absolute atomic E-state index is 0.113. The van der Waals surface area contributed by atoms with Crippen molar-refractivity contribution in [3.63, 3.8) is 0 Å². The van der Waals surface area contributed by atoms with Gasteiger partial charge in [0.25, 0.3) is 0 Å². The Balaban J connectivity index is 1.20. The molecule has 5 aliphatic rings. The molecule has 1 aliphatic heterocycles. The summed E-state index contributed by atoms with van der Waals surface area (Å²) in [5, 5.41) is 10.3. The fourth-order valence-electron chi connectivity index (χ4n) is 9.98. The lowest BCUT2D eigenvalue weighted by Crippen LogP contribution is -2.55. The normalized spacial score (nSPS) is 43.2. The van der Waals surface area contributed by atoms with Crippen LogP contribution in [0.3, 0.4) is 0 Å². The fourth-order valence-corrected chi connectivity index (χ4v) is 9.98. The van der Waals surface area contributed by atoms with Crippen molar-refractivity contribution >= 4 is 11.8 Å². The number of hydrogen-bond acceptors (Lipinski definition) is 3. The van der Waals surface area contributed by atoms with Gasteiger partial charge in [0.15, 0.2) is 0 Å². The van der Waals surface area contributed by atoms with Crippen molar-refractivity contribution < 1.29 is 14.7 Å². The molecule has 0 aromatic rings. The Labute approximate surface area is 219 Å². The van der Waals surface area contributed by atoms with Gasteiger partial charge in [0.05, 0.1) is 6.10 Å². The Morgan fingerprint density at radius 2 is 1.89 bits per heavy atom. The molecule has 1 unspecified atom stereocenters. The van der Waals surface area contributed by atoms with E-state index in [0.29, 0.717) is 42.8 Å². The van der Waals surface area contributed by atoms with Crippen molar-refractivity contribution in [1.29, 1.82) is 0 Å². The highest BCUT2D eigenvalue weighted by Gasteiger charge is 2.59. The summed E-state index contributed by atoms with van der Waals surface area (Å²) in [5.41, 5.74) is 2.27. The van der Waals surface area contributed by atoms with Gasteiger partial charge in [0.2, 0.25) is 11.8 Å². The third-order valence-electron chi connectivity index (χ3n) is 12.0. The summed E-state index contributed by atoms with van der Waals surface area (Å²) in [6.45, 7) is 13.2. The third kappa shape index (κ3) is 4.35. The first-order chi connectivity index (χ1) is 17.0. The van der Waals surface area contributed by atoms with Gasteiger partial charge in [-0.3, -0.25) is 9.59 Å². The monoisotopic (exact) mass is 498 g/mol. The molecule has 5 nitrogen and oxygen atoms in total. The highest BCUT2D eigenvalue weighted by molar-refractivity contribution is 5.77. The molecule has 1 N–H and O–H groups in total. The number of carbonyl (C=O) groups is 2. The minimum atomic E-state index is -0.129. The van der Waals surface area contributed by atoms with Crippen LogP contribution in [0.25, 0.3) is 0 Å². The molecule has 4 fully saturated rings. The lowest BCUT2D eigenvalue weighted by molar-refractivity contribution is -0.141. The van der Waals surface area contributed by atoms with E-state index in [1.807, 2.05) is 9.80 Å². The molecule has 0 spiro atoms. The quantitative estimate of drug-likeness (QED) is 0.527. The van der Waals surface area contributed by atoms with E-state index in [0.717, 1.165) is 49.4 Å². The van der Waals surface area contributed by atoms with Crippen LogP contribution in [0.15, 0.2) is 11.6 Å². The van der Waals surface area contributed by atoms with E-state index >= 15 is 0 Å². The fraction of sp³-hybridized carbons (Fsp3) is 0.871. The molecule has 5 heteroatoms. The Morgan fingerprint density at radius 1 is 1.11 bits per heavy atom. The van der Waals surface area contributed by atoms with E-state index in [4.69, 9.17) is 0 Å². The van der Waals surface area contributed by atoms with Gasteiger partial charge in [0, 0.05) is 39.0 Å². The standard InChI is InChI=1S/C31H50N2O3/c1-20(6-11-29(36)32-16-17-33(22(3)34)21(2)19-32)26-9-10-27-25-8-7-23-18-24(35)12-14-30(23,4)28(25)13-15-31(26,27)5/h7,20-21,24-28,35H,6,8-19H2,1-5H3/t20?,21-,24-,25-,26+,27-,28-,30-,31+/m0/s1. The summed E-state index contributed by atoms with van der Waals surface area (Å²) in [5.74, 6) is 4.07. The van der Waals surface area contributed by atoms with Gasteiger partial charge in [-0.25, -0.2) is 0 Å². The van der Waals surface area contributed by atoms with Gasteiger partial charge >= 0.3 is 0 Å². The molecule has 3 saturated carbocycles. The summed E-state index contributed by atoms with van der Waals surface area (Å²) in [6, 6.07) is 0.113. The van der Waals surface area contributed by atoms with E-state index < -0.39 is 0 Å². The summed E-state index contributed by atoms with van der Waals surface area (Å²) in [7, 11) is 0. The van der Waals surface area contributed by atoms with Gasteiger partial charge in [0.1, 0.15) is 0 Å². The Morgan fingerprint density at radius 3 is 2.61 bits per heavy atom. The topological polar surface area (TPSA) is 60.9 Å². The van der Waals surface area contributed by atoms with Crippen molar-refractivity contribution in [3.8, 4) is 0 Å². The number of aliphatic hydroxyl groups is 1. The first-order valence-electron chi connectivity index (χ1n) is 15.0. The zero-order valence-electron chi connectivity index (χ0n) is 23.5. The second kappa shape index (κ2) is 9.75. The molecule has 1 heterocycles. The average Bonchev–Trinajstić information content (AvgIpc) is 3.19. The van der Waals surface area contributed by atoms with Gasteiger partial charge < -0.3 is 14.9 Å². The Kier molecular flexibility index (Phi) is 7.11. The highest BCUT2D eigenvalue weighted by Crippen LogP contribution is 2.67. The smallest absolute Gasteiger partial charge is 0.222 e. The average molecular weight is 499 g/mol. The Hall–Kier alpha value is -1.36. The highest BCUT2D eigenvalue weighted by atomic mass is 16.3. The van der Waals surface area contributed by atoms with Crippen molar-refractivity contribution in [3.05, 3.63) is 11.6 Å². The SMILES string of the molecule is CC(=O)N1CCN(C(=O)CCC(C)[C@H]2CC[C@H]3[C@@H]4CC=C5C[C@@H](O)CC[C@]5(C)[C@H]4CC[C@]23C)C[C@@H]1C. The number of aliphatic hydroxyl groups excluding tert-OH is 1. The first-order valence-corrected chi connectivity index (χ1v) is 15.0. The Bertz CT molecular complexity index is 900. The molecule has 202 valence electrons. The number of carbonyl (C=O) groups excluding carboxylic acids is 2. The van der Waals surface area contributed by atoms with Crippen LogP contribution in [0, 0.1) is 40.4 Å². The van der Waals surface area contributed by atoms with Gasteiger partial charge in [-0.15, -0.1) is 0 Å². The molecule has 36 heavy (non-hydrogen) atoms. The van der Waals surface area contributed by atoms with Crippen LogP contribution in [0.1, 0.15) is 98.8 Å². The number of piperazine rings is 1. The van der Waals surface area contributed by atoms with E-state index in [-0.39, 0.29) is 24.0 Å². The zero-order valence-corrected chi connectivity index (χ0v) is 23.5. The second-order valence-corrected chi connectivity index (χ2v) is 13.8. The van der Waals surface area contributed by atoms with Crippen LogP contribution in [0.5, 0.6) is 0 Å². The largest absolute Gasteiger partial charge is 0.393 e. The number of nitrogens with zero attached hydrogens (tertiary/aromatic N) is 2. The molecule has 4 aliphatic carbocycles. The van der Waals surface area contributed by atoms with Crippen LogP contribution < -0.4 is 0 Å². The van der Waals surface area contributed by atoms with Crippen LogP contribution in [-0.4, -0.2) is 58.5 Å². The third-order valence-corrected chi connectivity index (χ3v) is 12.0. The van der Waals surface area contributed by atoms with Crippen molar-refractivity contribution in [1.82, 2.24) is 9.80 Å². The molecule has 0 aromatic carbocycles. The molecule has 0 aromatic heterocycles. The van der Waals surface area contributed by atoms with Crippen LogP contribution >= 0.6 is 0 Å². The number of hydrogen-bond donors (Lipinski definition) is 1. The number of amides is 2. The van der Waals surface area contributed by atoms with Crippen LogP contribution in [-0.2, 0) is 9.59 Å². The summed E-state index contributed by atoms with van der Waals surface area (Å²) < 4.78 is 0. The molecular formula is C31H50N2O3. The lowest BCUT2D eigenvalue weighted by atomic mass is 9.47. The van der Waals surface area contributed by atoms with E-state index in [1.165, 1.54) is 32.1 Å². The van der Waals surface area contributed by atoms with E-state index in [2.05, 4.69) is 33.8 Å². The molecular weight excluding hydrogens is 448 g/mol. The first kappa shape index (κ1) is 26.3. The van der Waals surface area contributed by atoms with Crippen LogP contribution in [0.4, 0.5) is 0 Å². The molecule has 5 rings (SSSR count). The second-order valence-electron chi connectivity index (χ2n) is 13.8. The van der Waals surface area contributed by atoms with Gasteiger partial charge in [-0.1, -0.05) is 32.4 Å². The summed E-state index contributed by atoms with van der Waals surface area (Å²) in [6.07, 6.45) is 13.6.